The molecular weight excluding hydrogens is 376 g/mol. The summed E-state index contributed by atoms with van der Waals surface area (Å²) in [5.74, 6) is 6.88. The average molecular weight is 400 g/mol. The highest BCUT2D eigenvalue weighted by molar-refractivity contribution is 5.91. The Morgan fingerprint density at radius 2 is 2.10 bits per heavy atom. The SMILES string of the molecule is CNc1ncnc2ccc(NC(/C(N)=C/N(N)C3CC3)c3cccc(C#N)c3)cc12. The summed E-state index contributed by atoms with van der Waals surface area (Å²) in [5, 5.41) is 18.5. The van der Waals surface area contributed by atoms with Gasteiger partial charge in [-0.15, -0.1) is 0 Å². The number of hydrazine groups is 1. The molecule has 8 heteroatoms. The smallest absolute Gasteiger partial charge is 0.137 e. The minimum absolute atomic E-state index is 0.339. The minimum atomic E-state index is -0.358. The van der Waals surface area contributed by atoms with Gasteiger partial charge in [0.15, 0.2) is 0 Å². The first-order chi connectivity index (χ1) is 14.6. The molecule has 3 aromatic rings. The van der Waals surface area contributed by atoms with Gasteiger partial charge in [-0.3, -0.25) is 0 Å². The van der Waals surface area contributed by atoms with E-state index in [4.69, 9.17) is 11.6 Å². The van der Waals surface area contributed by atoms with Gasteiger partial charge in [-0.25, -0.2) is 15.8 Å². The molecule has 0 radical (unpaired) electrons. The standard InChI is InChI=1S/C22H24N8/c1-26-22-18-10-16(5-8-20(18)27-13-28-22)29-21(15-4-2-3-14(9-15)11-23)19(24)12-30(25)17-6-7-17/h2-5,8-10,12-13,17,21,29H,6-7,24-25H2,1H3,(H,26,27,28)/b19-12-. The Morgan fingerprint density at radius 3 is 2.83 bits per heavy atom. The lowest BCUT2D eigenvalue weighted by molar-refractivity contribution is 0.378. The molecule has 1 unspecified atom stereocenters. The van der Waals surface area contributed by atoms with Crippen LogP contribution in [0.3, 0.4) is 0 Å². The fraction of sp³-hybridized carbons (Fsp3) is 0.227. The van der Waals surface area contributed by atoms with E-state index >= 15 is 0 Å². The van der Waals surface area contributed by atoms with Crippen LogP contribution in [0.15, 0.2) is 60.7 Å². The third kappa shape index (κ3) is 4.11. The molecule has 152 valence electrons. The van der Waals surface area contributed by atoms with Crippen LogP contribution < -0.4 is 22.2 Å². The quantitative estimate of drug-likeness (QED) is 0.352. The van der Waals surface area contributed by atoms with Crippen molar-refractivity contribution in [3.05, 3.63) is 71.8 Å². The predicted molar refractivity (Wildman–Crippen MR) is 118 cm³/mol. The number of nitrogens with zero attached hydrogens (tertiary/aromatic N) is 4. The van der Waals surface area contributed by atoms with Crippen molar-refractivity contribution in [1.82, 2.24) is 15.0 Å². The third-order valence-electron chi connectivity index (χ3n) is 5.13. The summed E-state index contributed by atoms with van der Waals surface area (Å²) >= 11 is 0. The highest BCUT2D eigenvalue weighted by atomic mass is 15.4. The number of rotatable bonds is 7. The average Bonchev–Trinajstić information content (AvgIpc) is 3.62. The highest BCUT2D eigenvalue weighted by Crippen LogP contribution is 2.30. The molecule has 1 aromatic heterocycles. The second-order valence-electron chi connectivity index (χ2n) is 7.33. The molecule has 0 aliphatic heterocycles. The second-order valence-corrected chi connectivity index (χ2v) is 7.33. The van der Waals surface area contributed by atoms with E-state index in [0.29, 0.717) is 17.3 Å². The largest absolute Gasteiger partial charge is 0.399 e. The van der Waals surface area contributed by atoms with E-state index in [-0.39, 0.29) is 6.04 Å². The number of nitrogens with two attached hydrogens (primary N) is 2. The fourth-order valence-electron chi connectivity index (χ4n) is 3.38. The van der Waals surface area contributed by atoms with E-state index in [0.717, 1.165) is 40.8 Å². The summed E-state index contributed by atoms with van der Waals surface area (Å²) in [6.07, 6.45) is 5.45. The van der Waals surface area contributed by atoms with Crippen LogP contribution in [0.2, 0.25) is 0 Å². The van der Waals surface area contributed by atoms with Crippen LogP contribution >= 0.6 is 0 Å². The van der Waals surface area contributed by atoms with Crippen molar-refractivity contribution in [3.63, 3.8) is 0 Å². The maximum Gasteiger partial charge on any atom is 0.137 e. The number of hydrogen-bond acceptors (Lipinski definition) is 8. The summed E-state index contributed by atoms with van der Waals surface area (Å²) in [6.45, 7) is 0. The summed E-state index contributed by atoms with van der Waals surface area (Å²) in [5.41, 5.74) is 10.2. The fourth-order valence-corrected chi connectivity index (χ4v) is 3.38. The van der Waals surface area contributed by atoms with Crippen LogP contribution in [0.4, 0.5) is 11.5 Å². The Bertz CT molecular complexity index is 1130. The molecule has 0 amide bonds. The van der Waals surface area contributed by atoms with Crippen LogP contribution in [-0.4, -0.2) is 28.1 Å². The first-order valence-corrected chi connectivity index (χ1v) is 9.78. The Kier molecular flexibility index (Phi) is 5.37. The summed E-state index contributed by atoms with van der Waals surface area (Å²) in [6, 6.07) is 15.4. The Labute approximate surface area is 175 Å². The van der Waals surface area contributed by atoms with Gasteiger partial charge in [0.1, 0.15) is 12.1 Å². The predicted octanol–water partition coefficient (Wildman–Crippen LogP) is 2.83. The van der Waals surface area contributed by atoms with E-state index in [2.05, 4.69) is 26.7 Å². The lowest BCUT2D eigenvalue weighted by Crippen LogP contribution is -2.30. The van der Waals surface area contributed by atoms with Gasteiger partial charge in [0.25, 0.3) is 0 Å². The number of hydrogen-bond donors (Lipinski definition) is 4. The molecule has 1 aliphatic rings. The molecule has 0 bridgehead atoms. The molecule has 0 spiro atoms. The molecule has 6 N–H and O–H groups in total. The maximum atomic E-state index is 9.31. The third-order valence-corrected chi connectivity index (χ3v) is 5.13. The number of nitriles is 1. The number of benzene rings is 2. The Balaban J connectivity index is 1.72. The van der Waals surface area contributed by atoms with Crippen LogP contribution in [-0.2, 0) is 0 Å². The molecule has 1 saturated carbocycles. The van der Waals surface area contributed by atoms with Crippen molar-refractivity contribution in [2.75, 3.05) is 17.7 Å². The van der Waals surface area contributed by atoms with Crippen molar-refractivity contribution < 1.29 is 0 Å². The topological polar surface area (TPSA) is 129 Å². The molecule has 1 atom stereocenters. The second kappa shape index (κ2) is 8.27. The highest BCUT2D eigenvalue weighted by Gasteiger charge is 2.26. The normalized spacial score (nSPS) is 14.8. The number of nitrogens with one attached hydrogen (secondary N) is 2. The first kappa shape index (κ1) is 19.5. The van der Waals surface area contributed by atoms with E-state index in [9.17, 15) is 5.26 Å². The number of aromatic nitrogens is 2. The van der Waals surface area contributed by atoms with Crippen molar-refractivity contribution >= 4 is 22.4 Å². The number of anilines is 2. The van der Waals surface area contributed by atoms with Crippen LogP contribution in [0.5, 0.6) is 0 Å². The van der Waals surface area contributed by atoms with Crippen molar-refractivity contribution in [2.45, 2.75) is 24.9 Å². The lowest BCUT2D eigenvalue weighted by atomic mass is 10.0. The van der Waals surface area contributed by atoms with Gasteiger partial charge in [0.2, 0.25) is 0 Å². The molecule has 1 fully saturated rings. The van der Waals surface area contributed by atoms with Crippen LogP contribution in [0.1, 0.15) is 30.0 Å². The van der Waals surface area contributed by atoms with Gasteiger partial charge in [-0.1, -0.05) is 12.1 Å². The molecular formula is C22H24N8. The Morgan fingerprint density at radius 1 is 1.27 bits per heavy atom. The zero-order valence-electron chi connectivity index (χ0n) is 16.7. The number of fused-ring (bicyclic) bond motifs is 1. The van der Waals surface area contributed by atoms with E-state index < -0.39 is 0 Å². The van der Waals surface area contributed by atoms with Crippen molar-refractivity contribution in [1.29, 1.82) is 5.26 Å². The zero-order valence-corrected chi connectivity index (χ0v) is 16.7. The van der Waals surface area contributed by atoms with Crippen molar-refractivity contribution in [3.8, 4) is 6.07 Å². The van der Waals surface area contributed by atoms with E-state index in [1.807, 2.05) is 43.4 Å². The van der Waals surface area contributed by atoms with Gasteiger partial charge in [-0.2, -0.15) is 5.26 Å². The van der Waals surface area contributed by atoms with Gasteiger partial charge in [-0.05, 0) is 48.7 Å². The molecule has 8 nitrogen and oxygen atoms in total. The molecule has 1 aliphatic carbocycles. The lowest BCUT2D eigenvalue weighted by Gasteiger charge is -2.24. The van der Waals surface area contributed by atoms with E-state index in [1.165, 1.54) is 6.33 Å². The summed E-state index contributed by atoms with van der Waals surface area (Å²) < 4.78 is 0. The monoisotopic (exact) mass is 400 g/mol. The first-order valence-electron chi connectivity index (χ1n) is 9.78. The van der Waals surface area contributed by atoms with E-state index in [1.54, 1.807) is 17.3 Å². The van der Waals surface area contributed by atoms with Gasteiger partial charge in [0.05, 0.1) is 28.9 Å². The van der Waals surface area contributed by atoms with Gasteiger partial charge >= 0.3 is 0 Å². The molecule has 30 heavy (non-hydrogen) atoms. The minimum Gasteiger partial charge on any atom is -0.399 e. The maximum absolute atomic E-state index is 9.31. The molecule has 1 heterocycles. The summed E-state index contributed by atoms with van der Waals surface area (Å²) in [4.78, 5) is 8.60. The van der Waals surface area contributed by atoms with Gasteiger partial charge < -0.3 is 21.4 Å². The molecule has 2 aromatic carbocycles. The van der Waals surface area contributed by atoms with Gasteiger partial charge in [0, 0.05) is 30.4 Å². The molecule has 4 rings (SSSR count). The van der Waals surface area contributed by atoms with Crippen molar-refractivity contribution in [2.24, 2.45) is 11.6 Å². The van der Waals surface area contributed by atoms with Crippen LogP contribution in [0.25, 0.3) is 10.9 Å². The molecule has 0 saturated heterocycles. The zero-order chi connectivity index (χ0) is 21.1. The Hall–Kier alpha value is -3.83. The van der Waals surface area contributed by atoms with Crippen LogP contribution in [0, 0.1) is 11.3 Å². The summed E-state index contributed by atoms with van der Waals surface area (Å²) in [7, 11) is 1.83.